The molecule has 0 fully saturated rings. The number of hydrogen-bond donors (Lipinski definition) is 0. The summed E-state index contributed by atoms with van der Waals surface area (Å²) in [5.74, 6) is 0. The van der Waals surface area contributed by atoms with Crippen LogP contribution in [0.25, 0.3) is 0 Å². The minimum atomic E-state index is 1.19. The molecule has 70 valence electrons. The fraction of sp³-hybridized carbons (Fsp3) is 0.667. The maximum Gasteiger partial charge on any atom is 0.188 e. The molecule has 0 unspecified atom stereocenters. The Bertz CT molecular complexity index is 186. The van der Waals surface area contributed by atoms with Crippen LogP contribution in [0.3, 0.4) is 0 Å². The molecule has 0 aromatic rings. The van der Waals surface area contributed by atoms with Crippen molar-refractivity contribution in [2.45, 2.75) is 0 Å². The molecule has 0 bridgehead atoms. The molecule has 0 aromatic carbocycles. The summed E-state index contributed by atoms with van der Waals surface area (Å²) in [5.41, 5.74) is 1.19. The molecule has 0 aliphatic heterocycles. The van der Waals surface area contributed by atoms with Crippen molar-refractivity contribution < 1.29 is 4.58 Å². The van der Waals surface area contributed by atoms with Crippen LogP contribution in [0.4, 0.5) is 0 Å². The molecule has 0 aromatic heterocycles. The van der Waals surface area contributed by atoms with Crippen LogP contribution in [0.5, 0.6) is 0 Å². The van der Waals surface area contributed by atoms with Crippen LogP contribution in [0.2, 0.25) is 0 Å². The Kier molecular flexibility index (Phi) is 4.40. The normalized spacial score (nSPS) is 11.0. The average molecular weight is 170 g/mol. The molecule has 0 saturated carbocycles. The Labute approximate surface area is 75.6 Å². The van der Waals surface area contributed by atoms with Gasteiger partial charge in [-0.25, -0.2) is 4.58 Å². The van der Waals surface area contributed by atoms with Gasteiger partial charge in [-0.15, -0.1) is 0 Å². The number of allylic oxidation sites excluding steroid dienone is 1. The van der Waals surface area contributed by atoms with Crippen molar-refractivity contribution in [3.63, 3.8) is 0 Å². The molecule has 0 spiro atoms. The Morgan fingerprint density at radius 3 is 1.83 bits per heavy atom. The number of hydrogen-bond acceptors (Lipinski definition) is 2. The molecular formula is C9H20N3+. The molecule has 0 atom stereocenters. The highest BCUT2D eigenvalue weighted by Gasteiger charge is 2.00. The third-order valence-corrected chi connectivity index (χ3v) is 1.30. The quantitative estimate of drug-likeness (QED) is 0.445. The zero-order valence-electron chi connectivity index (χ0n) is 9.00. The van der Waals surface area contributed by atoms with E-state index in [1.54, 1.807) is 0 Å². The van der Waals surface area contributed by atoms with E-state index in [9.17, 15) is 0 Å². The summed E-state index contributed by atoms with van der Waals surface area (Å²) in [5, 5.41) is 0. The van der Waals surface area contributed by atoms with Crippen LogP contribution in [0.1, 0.15) is 0 Å². The van der Waals surface area contributed by atoms with E-state index in [4.69, 9.17) is 0 Å². The summed E-state index contributed by atoms with van der Waals surface area (Å²) in [6.45, 7) is 0. The van der Waals surface area contributed by atoms with Crippen LogP contribution >= 0.6 is 0 Å². The lowest BCUT2D eigenvalue weighted by Crippen LogP contribution is -2.19. The molecular weight excluding hydrogens is 150 g/mol. The highest BCUT2D eigenvalue weighted by molar-refractivity contribution is 5.72. The Morgan fingerprint density at radius 2 is 1.58 bits per heavy atom. The lowest BCUT2D eigenvalue weighted by atomic mass is 10.4. The van der Waals surface area contributed by atoms with E-state index in [0.717, 1.165) is 0 Å². The van der Waals surface area contributed by atoms with E-state index in [1.165, 1.54) is 5.70 Å². The summed E-state index contributed by atoms with van der Waals surface area (Å²) in [6, 6.07) is 0. The lowest BCUT2D eigenvalue weighted by Gasteiger charge is -2.14. The van der Waals surface area contributed by atoms with Gasteiger partial charge in [0, 0.05) is 34.4 Å². The van der Waals surface area contributed by atoms with E-state index in [2.05, 4.69) is 17.3 Å². The first kappa shape index (κ1) is 11.0. The van der Waals surface area contributed by atoms with Crippen molar-refractivity contribution in [3.8, 4) is 0 Å². The molecule has 0 aliphatic carbocycles. The first-order valence-corrected chi connectivity index (χ1v) is 4.00. The van der Waals surface area contributed by atoms with Gasteiger partial charge in [-0.05, 0) is 0 Å². The van der Waals surface area contributed by atoms with Gasteiger partial charge in [0.05, 0.1) is 0 Å². The first-order chi connectivity index (χ1) is 5.43. The summed E-state index contributed by atoms with van der Waals surface area (Å²) < 4.78 is 2.04. The van der Waals surface area contributed by atoms with Crippen molar-refractivity contribution in [3.05, 3.63) is 11.9 Å². The molecule has 3 heteroatoms. The van der Waals surface area contributed by atoms with Crippen molar-refractivity contribution in [2.24, 2.45) is 0 Å². The summed E-state index contributed by atoms with van der Waals surface area (Å²) in [6.07, 6.45) is 4.17. The highest BCUT2D eigenvalue weighted by atomic mass is 15.1. The Morgan fingerprint density at radius 1 is 1.08 bits per heavy atom. The van der Waals surface area contributed by atoms with E-state index >= 15 is 0 Å². The van der Waals surface area contributed by atoms with Gasteiger partial charge in [0.1, 0.15) is 19.8 Å². The van der Waals surface area contributed by atoms with Crippen LogP contribution in [0, 0.1) is 0 Å². The predicted octanol–water partition coefficient (Wildman–Crippen LogP) is 0.294. The number of rotatable bonds is 3. The highest BCUT2D eigenvalue weighted by Crippen LogP contribution is 1.94. The van der Waals surface area contributed by atoms with Gasteiger partial charge in [-0.1, -0.05) is 0 Å². The van der Waals surface area contributed by atoms with E-state index in [1.807, 2.05) is 51.8 Å². The molecule has 0 radical (unpaired) electrons. The summed E-state index contributed by atoms with van der Waals surface area (Å²) in [7, 11) is 12.2. The van der Waals surface area contributed by atoms with Gasteiger partial charge < -0.3 is 9.80 Å². The van der Waals surface area contributed by atoms with Crippen LogP contribution in [-0.4, -0.2) is 62.9 Å². The van der Waals surface area contributed by atoms with Crippen LogP contribution in [-0.2, 0) is 0 Å². The SMILES string of the molecule is CN(C)/C=C(/C=[N+](C)C)N(C)C. The monoisotopic (exact) mass is 170 g/mol. The molecule has 0 amide bonds. The van der Waals surface area contributed by atoms with Crippen molar-refractivity contribution in [1.29, 1.82) is 0 Å². The Hall–Kier alpha value is -0.990. The predicted molar refractivity (Wildman–Crippen MR) is 53.6 cm³/mol. The molecule has 0 saturated heterocycles. The second kappa shape index (κ2) is 4.80. The standard InChI is InChI=1S/C9H20N3/c1-10(2)7-9(12(5)6)8-11(3)4/h7-8H,1-6H3/q+1. The maximum atomic E-state index is 2.08. The maximum absolute atomic E-state index is 2.08. The minimum absolute atomic E-state index is 1.19. The van der Waals surface area contributed by atoms with Gasteiger partial charge in [-0.3, -0.25) is 0 Å². The summed E-state index contributed by atoms with van der Waals surface area (Å²) in [4.78, 5) is 4.12. The van der Waals surface area contributed by atoms with Crippen molar-refractivity contribution in [2.75, 3.05) is 42.3 Å². The van der Waals surface area contributed by atoms with Gasteiger partial charge in [-0.2, -0.15) is 0 Å². The smallest absolute Gasteiger partial charge is 0.188 e. The molecule has 0 heterocycles. The van der Waals surface area contributed by atoms with Crippen LogP contribution in [0.15, 0.2) is 11.9 Å². The minimum Gasteiger partial charge on any atom is -0.382 e. The Balaban J connectivity index is 4.56. The molecule has 0 rings (SSSR count). The number of nitrogens with zero attached hydrogens (tertiary/aromatic N) is 3. The first-order valence-electron chi connectivity index (χ1n) is 4.00. The summed E-state index contributed by atoms with van der Waals surface area (Å²) >= 11 is 0. The fourth-order valence-electron chi connectivity index (χ4n) is 0.793. The van der Waals surface area contributed by atoms with Gasteiger partial charge in [0.15, 0.2) is 6.21 Å². The van der Waals surface area contributed by atoms with Gasteiger partial charge in [0.2, 0.25) is 0 Å². The third kappa shape index (κ3) is 4.77. The molecule has 12 heavy (non-hydrogen) atoms. The van der Waals surface area contributed by atoms with Crippen LogP contribution < -0.4 is 0 Å². The molecule has 0 aliphatic rings. The van der Waals surface area contributed by atoms with Gasteiger partial charge in [0.25, 0.3) is 0 Å². The lowest BCUT2D eigenvalue weighted by molar-refractivity contribution is -0.459. The third-order valence-electron chi connectivity index (χ3n) is 1.30. The van der Waals surface area contributed by atoms with Gasteiger partial charge >= 0.3 is 0 Å². The second-order valence-electron chi connectivity index (χ2n) is 3.50. The molecule has 0 N–H and O–H groups in total. The topological polar surface area (TPSA) is 9.49 Å². The zero-order valence-corrected chi connectivity index (χ0v) is 9.00. The van der Waals surface area contributed by atoms with Crippen molar-refractivity contribution >= 4 is 6.21 Å². The van der Waals surface area contributed by atoms with E-state index in [0.29, 0.717) is 0 Å². The molecule has 3 nitrogen and oxygen atoms in total. The van der Waals surface area contributed by atoms with Crippen molar-refractivity contribution in [1.82, 2.24) is 9.80 Å². The second-order valence-corrected chi connectivity index (χ2v) is 3.50. The largest absolute Gasteiger partial charge is 0.382 e. The average Bonchev–Trinajstić information content (AvgIpc) is 1.83. The van der Waals surface area contributed by atoms with E-state index < -0.39 is 0 Å². The van der Waals surface area contributed by atoms with E-state index in [-0.39, 0.29) is 0 Å². The fourth-order valence-corrected chi connectivity index (χ4v) is 0.793. The zero-order chi connectivity index (χ0) is 9.72.